The monoisotopic (exact) mass is 316 g/mol. The third-order valence-electron chi connectivity index (χ3n) is 5.13. The second-order valence-electron chi connectivity index (χ2n) is 6.39. The number of hydrogen-bond acceptors (Lipinski definition) is 4. The summed E-state index contributed by atoms with van der Waals surface area (Å²) >= 11 is 0. The van der Waals surface area contributed by atoms with Crippen LogP contribution < -0.4 is 9.47 Å². The van der Waals surface area contributed by atoms with Crippen LogP contribution in [-0.2, 0) is 15.0 Å². The molecule has 4 rings (SSSR count). The van der Waals surface area contributed by atoms with E-state index in [-0.39, 0.29) is 11.3 Å². The summed E-state index contributed by atoms with van der Waals surface area (Å²) in [5, 5.41) is 18.2. The smallest absolute Gasteiger partial charge is 0.387 e. The number of hydrogen-bond donors (Lipinski definition) is 2. The number of aliphatic carboxylic acids is 2. The highest BCUT2D eigenvalue weighted by Gasteiger charge is 2.42. The quantitative estimate of drug-likeness (QED) is 0.870. The average Bonchev–Trinajstić information content (AvgIpc) is 3.08. The predicted octanol–water partition coefficient (Wildman–Crippen LogP) is 2.41. The van der Waals surface area contributed by atoms with Crippen LogP contribution in [0.5, 0.6) is 11.5 Å². The van der Waals surface area contributed by atoms with Crippen molar-refractivity contribution in [3.63, 3.8) is 0 Å². The molecule has 0 bridgehead atoms. The zero-order valence-corrected chi connectivity index (χ0v) is 12.3. The summed E-state index contributed by atoms with van der Waals surface area (Å²) < 4.78 is 10.6. The van der Waals surface area contributed by atoms with Crippen LogP contribution >= 0.6 is 0 Å². The van der Waals surface area contributed by atoms with Crippen molar-refractivity contribution >= 4 is 18.0 Å². The summed E-state index contributed by atoms with van der Waals surface area (Å²) in [6.07, 6.45) is 5.69. The number of benzene rings is 1. The number of carboxylic acid groups (broad SMARTS) is 2. The van der Waals surface area contributed by atoms with Crippen LogP contribution in [0.2, 0.25) is 0 Å². The SMILES string of the molecule is O=C(O)C1CCC2(C=Cc3cc4c(cc32)OC(C(=O)O)O4)CC1. The predicted molar refractivity (Wildman–Crippen MR) is 79.4 cm³/mol. The van der Waals surface area contributed by atoms with Crippen molar-refractivity contribution < 1.29 is 29.3 Å². The summed E-state index contributed by atoms with van der Waals surface area (Å²) in [4.78, 5) is 22.1. The van der Waals surface area contributed by atoms with Gasteiger partial charge in [0.15, 0.2) is 11.5 Å². The van der Waals surface area contributed by atoms with E-state index in [0.29, 0.717) is 24.3 Å². The molecule has 1 spiro atoms. The average molecular weight is 316 g/mol. The fourth-order valence-electron chi connectivity index (χ4n) is 3.84. The first kappa shape index (κ1) is 14.1. The maximum atomic E-state index is 11.1. The Bertz CT molecular complexity index is 727. The molecule has 0 amide bonds. The molecule has 6 nitrogen and oxygen atoms in total. The minimum absolute atomic E-state index is 0.166. The van der Waals surface area contributed by atoms with Gasteiger partial charge in [-0.2, -0.15) is 0 Å². The Morgan fingerprint density at radius 3 is 2.30 bits per heavy atom. The Kier molecular flexibility index (Phi) is 2.91. The molecule has 1 atom stereocenters. The molecule has 120 valence electrons. The zero-order chi connectivity index (χ0) is 16.2. The first-order chi connectivity index (χ1) is 11.0. The maximum Gasteiger partial charge on any atom is 0.387 e. The lowest BCUT2D eigenvalue weighted by atomic mass is 9.68. The van der Waals surface area contributed by atoms with E-state index in [1.54, 1.807) is 0 Å². The highest BCUT2D eigenvalue weighted by Crippen LogP contribution is 2.51. The van der Waals surface area contributed by atoms with Gasteiger partial charge in [0.2, 0.25) is 0 Å². The molecule has 0 radical (unpaired) electrons. The Balaban J connectivity index is 1.64. The summed E-state index contributed by atoms with van der Waals surface area (Å²) in [6.45, 7) is 0. The zero-order valence-electron chi connectivity index (χ0n) is 12.3. The number of rotatable bonds is 2. The van der Waals surface area contributed by atoms with E-state index >= 15 is 0 Å². The molecule has 1 aromatic carbocycles. The Hall–Kier alpha value is -2.50. The standard InChI is InChI=1S/C17H16O6/c18-14(19)9-1-4-17(5-2-9)6-3-10-7-12-13(8-11(10)17)23-16(22-12)15(20)21/h3,6-9,16H,1-2,4-5H2,(H,18,19)(H,20,21). The molecule has 0 saturated heterocycles. The normalized spacial score (nSPS) is 30.4. The topological polar surface area (TPSA) is 93.1 Å². The molecule has 1 saturated carbocycles. The van der Waals surface area contributed by atoms with Crippen molar-refractivity contribution in [1.29, 1.82) is 0 Å². The van der Waals surface area contributed by atoms with Gasteiger partial charge < -0.3 is 19.7 Å². The Morgan fingerprint density at radius 1 is 1.04 bits per heavy atom. The molecule has 2 aliphatic carbocycles. The van der Waals surface area contributed by atoms with Gasteiger partial charge in [-0.25, -0.2) is 4.79 Å². The minimum atomic E-state index is -1.30. The van der Waals surface area contributed by atoms with Crippen molar-refractivity contribution in [2.24, 2.45) is 5.92 Å². The summed E-state index contributed by atoms with van der Waals surface area (Å²) in [6, 6.07) is 3.66. The van der Waals surface area contributed by atoms with Gasteiger partial charge >= 0.3 is 18.2 Å². The van der Waals surface area contributed by atoms with Gasteiger partial charge in [-0.1, -0.05) is 12.2 Å². The molecule has 0 aromatic heterocycles. The van der Waals surface area contributed by atoms with Crippen molar-refractivity contribution in [3.05, 3.63) is 29.3 Å². The molecule has 1 aromatic rings. The number of carbonyl (C=O) groups is 2. The molecule has 1 heterocycles. The Labute approximate surface area is 132 Å². The molecule has 1 unspecified atom stereocenters. The van der Waals surface area contributed by atoms with Gasteiger partial charge in [0.1, 0.15) is 0 Å². The van der Waals surface area contributed by atoms with E-state index in [1.165, 1.54) is 0 Å². The van der Waals surface area contributed by atoms with Crippen molar-refractivity contribution in [2.45, 2.75) is 37.4 Å². The molecule has 2 N–H and O–H groups in total. The second kappa shape index (κ2) is 4.75. The second-order valence-corrected chi connectivity index (χ2v) is 6.39. The van der Waals surface area contributed by atoms with Crippen molar-refractivity contribution in [3.8, 4) is 11.5 Å². The van der Waals surface area contributed by atoms with Crippen LogP contribution in [0.25, 0.3) is 6.08 Å². The molecule has 23 heavy (non-hydrogen) atoms. The lowest BCUT2D eigenvalue weighted by Gasteiger charge is -2.35. The van der Waals surface area contributed by atoms with Crippen LogP contribution in [-0.4, -0.2) is 28.4 Å². The molecule has 1 fully saturated rings. The number of allylic oxidation sites excluding steroid dienone is 1. The molecular weight excluding hydrogens is 300 g/mol. The van der Waals surface area contributed by atoms with E-state index in [9.17, 15) is 9.59 Å². The Morgan fingerprint density at radius 2 is 1.70 bits per heavy atom. The summed E-state index contributed by atoms with van der Waals surface area (Å²) in [7, 11) is 0. The molecule has 1 aliphatic heterocycles. The largest absolute Gasteiger partial charge is 0.481 e. The minimum Gasteiger partial charge on any atom is -0.481 e. The van der Waals surface area contributed by atoms with Gasteiger partial charge in [0.05, 0.1) is 5.92 Å². The van der Waals surface area contributed by atoms with Crippen LogP contribution in [0.1, 0.15) is 36.8 Å². The van der Waals surface area contributed by atoms with E-state index in [4.69, 9.17) is 19.7 Å². The van der Waals surface area contributed by atoms with Crippen LogP contribution in [0.4, 0.5) is 0 Å². The fourth-order valence-corrected chi connectivity index (χ4v) is 3.84. The van der Waals surface area contributed by atoms with E-state index < -0.39 is 18.2 Å². The van der Waals surface area contributed by atoms with Crippen LogP contribution in [0, 0.1) is 5.92 Å². The van der Waals surface area contributed by atoms with E-state index in [1.807, 2.05) is 18.2 Å². The lowest BCUT2D eigenvalue weighted by Crippen LogP contribution is -2.31. The first-order valence-corrected chi connectivity index (χ1v) is 7.65. The molecule has 6 heteroatoms. The van der Waals surface area contributed by atoms with Crippen LogP contribution in [0.3, 0.4) is 0 Å². The van der Waals surface area contributed by atoms with Gasteiger partial charge in [-0.3, -0.25) is 4.79 Å². The number of ether oxygens (including phenoxy) is 2. The summed E-state index contributed by atoms with van der Waals surface area (Å²) in [5.74, 6) is -1.27. The molecular formula is C17H16O6. The first-order valence-electron chi connectivity index (χ1n) is 7.65. The van der Waals surface area contributed by atoms with Crippen molar-refractivity contribution in [2.75, 3.05) is 0 Å². The van der Waals surface area contributed by atoms with E-state index in [0.717, 1.165) is 24.0 Å². The highest BCUT2D eigenvalue weighted by atomic mass is 16.7. The fraction of sp³-hybridized carbons (Fsp3) is 0.412. The summed E-state index contributed by atoms with van der Waals surface area (Å²) in [5.41, 5.74) is 1.91. The van der Waals surface area contributed by atoms with Crippen LogP contribution in [0.15, 0.2) is 18.2 Å². The number of carboxylic acids is 2. The third-order valence-corrected chi connectivity index (χ3v) is 5.13. The van der Waals surface area contributed by atoms with Gasteiger partial charge in [0, 0.05) is 5.41 Å². The van der Waals surface area contributed by atoms with Gasteiger partial charge in [-0.05, 0) is 48.9 Å². The van der Waals surface area contributed by atoms with E-state index in [2.05, 4.69) is 6.08 Å². The number of fused-ring (bicyclic) bond motifs is 3. The van der Waals surface area contributed by atoms with Gasteiger partial charge in [0.25, 0.3) is 0 Å². The maximum absolute atomic E-state index is 11.1. The lowest BCUT2D eigenvalue weighted by molar-refractivity contribution is -0.154. The van der Waals surface area contributed by atoms with Gasteiger partial charge in [-0.15, -0.1) is 0 Å². The highest BCUT2D eigenvalue weighted by molar-refractivity contribution is 5.75. The van der Waals surface area contributed by atoms with Crippen molar-refractivity contribution in [1.82, 2.24) is 0 Å². The third kappa shape index (κ3) is 2.09. The molecule has 3 aliphatic rings.